The molecule has 0 saturated carbocycles. The maximum absolute atomic E-state index is 10.8. The molecule has 0 radical (unpaired) electrons. The van der Waals surface area contributed by atoms with Crippen LogP contribution >= 0.6 is 67.8 Å². The third kappa shape index (κ3) is 3.24. The molecule has 0 bridgehead atoms. The van der Waals surface area contributed by atoms with Crippen molar-refractivity contribution in [1.29, 1.82) is 0 Å². The quantitative estimate of drug-likeness (QED) is 0.241. The maximum atomic E-state index is 10.8. The Morgan fingerprint density at radius 1 is 1.00 bits per heavy atom. The van der Waals surface area contributed by atoms with Gasteiger partial charge in [-0.1, -0.05) is 0 Å². The van der Waals surface area contributed by atoms with Gasteiger partial charge in [-0.15, -0.1) is 0 Å². The van der Waals surface area contributed by atoms with Crippen molar-refractivity contribution in [2.24, 2.45) is 0 Å². The van der Waals surface area contributed by atoms with Crippen molar-refractivity contribution in [3.63, 3.8) is 0 Å². The average molecular weight is 552 g/mol. The number of carboxylic acids is 1. The number of carboxylic acid groups (broad SMARTS) is 1. The monoisotopic (exact) mass is 552 g/mol. The first-order chi connectivity index (χ1) is 6.37. The Labute approximate surface area is 150 Å². The number of aromatic carboxylic acids is 1. The first-order valence-corrected chi connectivity index (χ1v) is 6.54. The summed E-state index contributed by atoms with van der Waals surface area (Å²) in [5.41, 5.74) is 12.3. The Morgan fingerprint density at radius 3 is 1.60 bits per heavy atom. The molecule has 8 heteroatoms. The van der Waals surface area contributed by atoms with Crippen LogP contribution in [0.1, 0.15) is 10.4 Å². The van der Waals surface area contributed by atoms with Gasteiger partial charge in [-0.2, -0.15) is 0 Å². The van der Waals surface area contributed by atoms with Gasteiger partial charge in [0.1, 0.15) is 0 Å². The topological polar surface area (TPSA) is 92.2 Å². The fourth-order valence-electron chi connectivity index (χ4n) is 0.883. The number of carbonyl (C=O) groups is 1. The summed E-state index contributed by atoms with van der Waals surface area (Å²) in [6.07, 6.45) is 0. The minimum Gasteiger partial charge on any atom is -0.545 e. The number of hydrogen-bond acceptors (Lipinski definition) is 4. The molecule has 0 aliphatic heterocycles. The van der Waals surface area contributed by atoms with Gasteiger partial charge in [-0.3, -0.25) is 0 Å². The van der Waals surface area contributed by atoms with Crippen molar-refractivity contribution in [2.45, 2.75) is 0 Å². The average Bonchev–Trinajstić information content (AvgIpc) is 2.11. The van der Waals surface area contributed by atoms with Crippen LogP contribution in [0.25, 0.3) is 0 Å². The zero-order chi connectivity index (χ0) is 11.0. The molecule has 0 fully saturated rings. The van der Waals surface area contributed by atoms with Crippen molar-refractivity contribution in [3.05, 3.63) is 16.3 Å². The van der Waals surface area contributed by atoms with E-state index in [0.29, 0.717) is 22.1 Å². The fourth-order valence-corrected chi connectivity index (χ4v) is 4.49. The molecule has 1 rings (SSSR count). The Kier molecular flexibility index (Phi) is 7.06. The molecule has 4 N–H and O–H groups in total. The number of carbonyl (C=O) groups excluding carboxylic acids is 1. The van der Waals surface area contributed by atoms with Gasteiger partial charge in [0, 0.05) is 12.7 Å². The van der Waals surface area contributed by atoms with E-state index in [4.69, 9.17) is 11.5 Å². The van der Waals surface area contributed by atoms with E-state index in [-0.39, 0.29) is 35.1 Å². The summed E-state index contributed by atoms with van der Waals surface area (Å²) in [5.74, 6) is -1.26. The molecule has 0 aliphatic rings. The van der Waals surface area contributed by atoms with E-state index in [9.17, 15) is 9.90 Å². The largest absolute Gasteiger partial charge is 1.00 e. The van der Waals surface area contributed by atoms with Crippen LogP contribution in [0.2, 0.25) is 0 Å². The fraction of sp³-hybridized carbons (Fsp3) is 0. The molecule has 0 aliphatic carbocycles. The van der Waals surface area contributed by atoms with Gasteiger partial charge >= 0.3 is 29.6 Å². The maximum Gasteiger partial charge on any atom is 1.00 e. The molecule has 76 valence electrons. The van der Waals surface area contributed by atoms with Crippen LogP contribution in [-0.2, 0) is 0 Å². The molecular weight excluding hydrogens is 548 g/mol. The standard InChI is InChI=1S/C7H5I3N2O2.Na/c8-2-1(7(13)14)3(9)6(12)4(10)5(2)11;/h11-12H2,(H,13,14);/q;+1/p-1. The Hall–Kier alpha value is 1.48. The zero-order valence-corrected chi connectivity index (χ0v) is 16.1. The van der Waals surface area contributed by atoms with Crippen LogP contribution < -0.4 is 46.1 Å². The molecule has 0 aromatic heterocycles. The normalized spacial score (nSPS) is 9.53. The molecule has 0 atom stereocenters. The molecule has 0 saturated heterocycles. The number of rotatable bonds is 1. The third-order valence-electron chi connectivity index (χ3n) is 1.59. The van der Waals surface area contributed by atoms with Gasteiger partial charge < -0.3 is 21.4 Å². The van der Waals surface area contributed by atoms with E-state index >= 15 is 0 Å². The van der Waals surface area contributed by atoms with E-state index in [1.165, 1.54) is 0 Å². The second kappa shape index (κ2) is 6.42. The number of nitrogen functional groups attached to an aromatic ring is 2. The predicted molar refractivity (Wildman–Crippen MR) is 77.7 cm³/mol. The predicted octanol–water partition coefficient (Wildman–Crippen LogP) is -1.97. The molecule has 4 nitrogen and oxygen atoms in total. The first-order valence-electron chi connectivity index (χ1n) is 3.30. The minimum absolute atomic E-state index is 0. The summed E-state index contributed by atoms with van der Waals surface area (Å²) < 4.78 is 1.64. The minimum atomic E-state index is -1.26. The van der Waals surface area contributed by atoms with E-state index in [1.54, 1.807) is 0 Å². The van der Waals surface area contributed by atoms with Crippen LogP contribution in [0.3, 0.4) is 0 Å². The van der Waals surface area contributed by atoms with Gasteiger partial charge in [0.25, 0.3) is 0 Å². The van der Waals surface area contributed by atoms with Crippen molar-refractivity contribution in [3.8, 4) is 0 Å². The zero-order valence-electron chi connectivity index (χ0n) is 7.61. The Balaban J connectivity index is 0.00000196. The summed E-state index contributed by atoms with van der Waals surface area (Å²) >= 11 is 5.74. The van der Waals surface area contributed by atoms with Gasteiger partial charge in [0.2, 0.25) is 0 Å². The smallest absolute Gasteiger partial charge is 0.545 e. The Morgan fingerprint density at radius 2 is 1.33 bits per heavy atom. The number of nitrogens with two attached hydrogens (primary N) is 2. The summed E-state index contributed by atoms with van der Waals surface area (Å²) in [4.78, 5) is 10.8. The van der Waals surface area contributed by atoms with E-state index in [0.717, 1.165) is 0 Å². The van der Waals surface area contributed by atoms with Crippen molar-refractivity contribution >= 4 is 85.1 Å². The first kappa shape index (κ1) is 16.5. The molecule has 0 unspecified atom stereocenters. The van der Waals surface area contributed by atoms with Crippen LogP contribution in [0.4, 0.5) is 11.4 Å². The number of benzene rings is 1. The molecule has 0 spiro atoms. The van der Waals surface area contributed by atoms with Crippen molar-refractivity contribution < 1.29 is 39.5 Å². The second-order valence-electron chi connectivity index (χ2n) is 2.43. The number of halogens is 3. The van der Waals surface area contributed by atoms with Gasteiger partial charge in [0.15, 0.2) is 0 Å². The molecule has 1 aromatic carbocycles. The van der Waals surface area contributed by atoms with Gasteiger partial charge in [-0.25, -0.2) is 0 Å². The molecule has 1 aromatic rings. The van der Waals surface area contributed by atoms with Gasteiger partial charge in [0.05, 0.1) is 20.9 Å². The summed E-state index contributed by atoms with van der Waals surface area (Å²) in [6.45, 7) is 0. The third-order valence-corrected chi connectivity index (χ3v) is 4.99. The molecular formula is C7H4I3N2NaO2. The van der Waals surface area contributed by atoms with Crippen molar-refractivity contribution in [2.75, 3.05) is 11.5 Å². The summed E-state index contributed by atoms with van der Waals surface area (Å²) in [7, 11) is 0. The van der Waals surface area contributed by atoms with E-state index in [2.05, 4.69) is 0 Å². The van der Waals surface area contributed by atoms with E-state index in [1.807, 2.05) is 67.8 Å². The van der Waals surface area contributed by atoms with Crippen LogP contribution in [0.5, 0.6) is 0 Å². The van der Waals surface area contributed by atoms with Crippen LogP contribution in [0, 0.1) is 10.7 Å². The van der Waals surface area contributed by atoms with Gasteiger partial charge in [-0.05, 0) is 67.8 Å². The molecule has 0 amide bonds. The van der Waals surface area contributed by atoms with Crippen molar-refractivity contribution in [1.82, 2.24) is 0 Å². The number of anilines is 2. The summed E-state index contributed by atoms with van der Waals surface area (Å²) in [6, 6.07) is 0. The second-order valence-corrected chi connectivity index (χ2v) is 5.67. The van der Waals surface area contributed by atoms with E-state index < -0.39 is 5.97 Å². The van der Waals surface area contributed by atoms with Crippen LogP contribution in [0.15, 0.2) is 0 Å². The molecule has 0 heterocycles. The SMILES string of the molecule is Nc1c(I)c(N)c(I)c(C(=O)[O-])c1I.[Na+]. The Bertz CT molecular complexity index is 396. The molecule has 15 heavy (non-hydrogen) atoms. The summed E-state index contributed by atoms with van der Waals surface area (Å²) in [5, 5.41) is 10.8. The van der Waals surface area contributed by atoms with Crippen LogP contribution in [-0.4, -0.2) is 5.97 Å². The number of hydrogen-bond donors (Lipinski definition) is 2.